The minimum atomic E-state index is -3.21. The summed E-state index contributed by atoms with van der Waals surface area (Å²) in [5.74, 6) is 1.83. The number of hydrogen-bond acceptors (Lipinski definition) is 7. The minimum absolute atomic E-state index is 0.108. The monoisotopic (exact) mass is 470 g/mol. The fourth-order valence-electron chi connectivity index (χ4n) is 4.17. The molecule has 2 saturated heterocycles. The van der Waals surface area contributed by atoms with E-state index < -0.39 is 16.1 Å². The van der Waals surface area contributed by atoms with Gasteiger partial charge in [0.15, 0.2) is 0 Å². The van der Waals surface area contributed by atoms with Crippen LogP contribution in [0.1, 0.15) is 20.3 Å². The first kappa shape index (κ1) is 24.5. The summed E-state index contributed by atoms with van der Waals surface area (Å²) in [5.41, 5.74) is 0. The predicted octanol–water partition coefficient (Wildman–Crippen LogP) is 1.58. The molecule has 11 heteroatoms. The SMILES string of the molecule is CO[C@@H]1CN(C(=O)O)CC[C@@H]1COc1ccc(N2CCN(S(=O)(=O)CC(C)C)CC2)nc1. The van der Waals surface area contributed by atoms with E-state index in [1.54, 1.807) is 17.6 Å². The Labute approximate surface area is 190 Å². The maximum absolute atomic E-state index is 12.4. The molecule has 1 N–H and O–H groups in total. The third kappa shape index (κ3) is 6.23. The summed E-state index contributed by atoms with van der Waals surface area (Å²) >= 11 is 0. The van der Waals surface area contributed by atoms with Gasteiger partial charge in [-0.3, -0.25) is 0 Å². The Hall–Kier alpha value is -2.11. The van der Waals surface area contributed by atoms with Crippen LogP contribution in [0.5, 0.6) is 5.75 Å². The number of methoxy groups -OCH3 is 1. The normalized spacial score (nSPS) is 22.9. The van der Waals surface area contributed by atoms with Gasteiger partial charge in [0.1, 0.15) is 11.6 Å². The van der Waals surface area contributed by atoms with Crippen LogP contribution in [-0.4, -0.2) is 98.6 Å². The average molecular weight is 471 g/mol. The number of carboxylic acid groups (broad SMARTS) is 1. The average Bonchev–Trinajstić information content (AvgIpc) is 2.77. The second kappa shape index (κ2) is 10.7. The van der Waals surface area contributed by atoms with E-state index in [2.05, 4.69) is 9.88 Å². The quantitative estimate of drug-likeness (QED) is 0.609. The van der Waals surface area contributed by atoms with Crippen LogP contribution in [0.4, 0.5) is 10.6 Å². The van der Waals surface area contributed by atoms with Crippen molar-refractivity contribution in [3.05, 3.63) is 18.3 Å². The number of pyridine rings is 1. The van der Waals surface area contributed by atoms with E-state index in [1.165, 1.54) is 4.90 Å². The molecule has 0 saturated carbocycles. The maximum Gasteiger partial charge on any atom is 0.407 e. The molecule has 0 aliphatic carbocycles. The van der Waals surface area contributed by atoms with Crippen molar-refractivity contribution < 1.29 is 27.8 Å². The van der Waals surface area contributed by atoms with Crippen molar-refractivity contribution in [2.45, 2.75) is 26.4 Å². The van der Waals surface area contributed by atoms with Gasteiger partial charge in [0.2, 0.25) is 10.0 Å². The summed E-state index contributed by atoms with van der Waals surface area (Å²) < 4.78 is 37.8. The Morgan fingerprint density at radius 2 is 1.94 bits per heavy atom. The summed E-state index contributed by atoms with van der Waals surface area (Å²) in [6, 6.07) is 3.74. The van der Waals surface area contributed by atoms with Crippen molar-refractivity contribution in [2.24, 2.45) is 11.8 Å². The fraction of sp³-hybridized carbons (Fsp3) is 0.714. The first-order valence-electron chi connectivity index (χ1n) is 11.0. The van der Waals surface area contributed by atoms with Crippen LogP contribution in [0.25, 0.3) is 0 Å². The number of piperazine rings is 1. The first-order chi connectivity index (χ1) is 15.2. The third-order valence-corrected chi connectivity index (χ3v) is 8.19. The highest BCUT2D eigenvalue weighted by Crippen LogP contribution is 2.23. The number of sulfonamides is 1. The minimum Gasteiger partial charge on any atom is -0.492 e. The van der Waals surface area contributed by atoms with E-state index in [0.29, 0.717) is 58.0 Å². The van der Waals surface area contributed by atoms with Crippen LogP contribution < -0.4 is 9.64 Å². The molecule has 180 valence electrons. The lowest BCUT2D eigenvalue weighted by Crippen LogP contribution is -2.49. The van der Waals surface area contributed by atoms with Crippen LogP contribution >= 0.6 is 0 Å². The second-order valence-corrected chi connectivity index (χ2v) is 10.8. The highest BCUT2D eigenvalue weighted by molar-refractivity contribution is 7.89. The molecule has 1 aromatic rings. The maximum atomic E-state index is 12.4. The molecule has 3 rings (SSSR count). The van der Waals surface area contributed by atoms with Gasteiger partial charge in [0, 0.05) is 45.8 Å². The smallest absolute Gasteiger partial charge is 0.407 e. The van der Waals surface area contributed by atoms with E-state index in [-0.39, 0.29) is 23.7 Å². The van der Waals surface area contributed by atoms with E-state index >= 15 is 0 Å². The third-order valence-electron chi connectivity index (χ3n) is 5.95. The zero-order chi connectivity index (χ0) is 23.3. The molecule has 2 atom stereocenters. The van der Waals surface area contributed by atoms with Crippen LogP contribution in [-0.2, 0) is 14.8 Å². The highest BCUT2D eigenvalue weighted by Gasteiger charge is 2.32. The number of carbonyl (C=O) groups is 1. The largest absolute Gasteiger partial charge is 0.492 e. The molecule has 2 aliphatic heterocycles. The van der Waals surface area contributed by atoms with E-state index in [9.17, 15) is 13.2 Å². The van der Waals surface area contributed by atoms with Crippen molar-refractivity contribution in [1.82, 2.24) is 14.2 Å². The molecule has 1 amide bonds. The lowest BCUT2D eigenvalue weighted by molar-refractivity contribution is -0.0210. The van der Waals surface area contributed by atoms with Crippen molar-refractivity contribution in [3.8, 4) is 5.75 Å². The van der Waals surface area contributed by atoms with Gasteiger partial charge < -0.3 is 24.4 Å². The Balaban J connectivity index is 1.49. The molecule has 0 radical (unpaired) electrons. The molecular weight excluding hydrogens is 436 g/mol. The lowest BCUT2D eigenvalue weighted by Gasteiger charge is -2.36. The number of likely N-dealkylation sites (tertiary alicyclic amines) is 1. The second-order valence-electron chi connectivity index (χ2n) is 8.77. The van der Waals surface area contributed by atoms with Crippen molar-refractivity contribution in [1.29, 1.82) is 0 Å². The van der Waals surface area contributed by atoms with Gasteiger partial charge in [-0.2, -0.15) is 4.31 Å². The van der Waals surface area contributed by atoms with Crippen molar-refractivity contribution >= 4 is 21.9 Å². The van der Waals surface area contributed by atoms with Crippen LogP contribution in [0.3, 0.4) is 0 Å². The number of piperidine rings is 1. The number of aromatic nitrogens is 1. The van der Waals surface area contributed by atoms with E-state index in [0.717, 1.165) is 5.82 Å². The summed E-state index contributed by atoms with van der Waals surface area (Å²) in [7, 11) is -1.62. The van der Waals surface area contributed by atoms with E-state index in [1.807, 2.05) is 26.0 Å². The number of nitrogens with zero attached hydrogens (tertiary/aromatic N) is 4. The van der Waals surface area contributed by atoms with Gasteiger partial charge in [-0.05, 0) is 24.5 Å². The molecule has 0 aromatic carbocycles. The molecule has 0 spiro atoms. The number of anilines is 1. The first-order valence-corrected chi connectivity index (χ1v) is 12.6. The van der Waals surface area contributed by atoms with Gasteiger partial charge in [-0.15, -0.1) is 0 Å². The van der Waals surface area contributed by atoms with Crippen molar-refractivity contribution in [3.63, 3.8) is 0 Å². The molecule has 10 nitrogen and oxygen atoms in total. The van der Waals surface area contributed by atoms with Crippen LogP contribution in [0.2, 0.25) is 0 Å². The van der Waals surface area contributed by atoms with Gasteiger partial charge in [-0.1, -0.05) is 13.8 Å². The molecule has 0 bridgehead atoms. The number of amides is 1. The van der Waals surface area contributed by atoms with Crippen LogP contribution in [0.15, 0.2) is 18.3 Å². The van der Waals surface area contributed by atoms with Gasteiger partial charge >= 0.3 is 6.09 Å². The molecule has 2 fully saturated rings. The van der Waals surface area contributed by atoms with Crippen LogP contribution in [0, 0.1) is 11.8 Å². The molecule has 1 aromatic heterocycles. The summed E-state index contributed by atoms with van der Waals surface area (Å²) in [6.45, 7) is 7.19. The lowest BCUT2D eigenvalue weighted by atomic mass is 9.95. The molecule has 3 heterocycles. The van der Waals surface area contributed by atoms with Crippen molar-refractivity contribution in [2.75, 3.05) is 63.6 Å². The topological polar surface area (TPSA) is 113 Å². The highest BCUT2D eigenvalue weighted by atomic mass is 32.2. The number of hydrogen-bond donors (Lipinski definition) is 1. The Morgan fingerprint density at radius 3 is 2.50 bits per heavy atom. The van der Waals surface area contributed by atoms with Gasteiger partial charge in [-0.25, -0.2) is 18.2 Å². The number of rotatable bonds is 8. The molecular formula is C21H34N4O6S. The molecule has 0 unspecified atom stereocenters. The summed E-state index contributed by atoms with van der Waals surface area (Å²) in [4.78, 5) is 19.1. The van der Waals surface area contributed by atoms with Gasteiger partial charge in [0.25, 0.3) is 0 Å². The van der Waals surface area contributed by atoms with E-state index in [4.69, 9.17) is 14.6 Å². The standard InChI is InChI=1S/C21H34N4O6S/c1-16(2)15-32(28,29)25-10-8-23(9-11-25)20-5-4-18(12-22-20)31-14-17-6-7-24(21(26)27)13-19(17)30-3/h4-5,12,16-17,19H,6-11,13-15H2,1-3H3,(H,26,27)/t17-,19-/m1/s1. The summed E-state index contributed by atoms with van der Waals surface area (Å²) in [6.07, 6.45) is 1.23. The Kier molecular flexibility index (Phi) is 8.18. The van der Waals surface area contributed by atoms with Gasteiger partial charge in [0.05, 0.1) is 31.2 Å². The Bertz CT molecular complexity index is 856. The Morgan fingerprint density at radius 1 is 1.22 bits per heavy atom. The predicted molar refractivity (Wildman–Crippen MR) is 121 cm³/mol. The zero-order valence-corrected chi connectivity index (χ0v) is 19.8. The zero-order valence-electron chi connectivity index (χ0n) is 19.0. The molecule has 32 heavy (non-hydrogen) atoms. The summed E-state index contributed by atoms with van der Waals surface area (Å²) in [5, 5.41) is 9.16. The number of ether oxygens (including phenoxy) is 2. The fourth-order valence-corrected chi connectivity index (χ4v) is 5.94. The molecule has 2 aliphatic rings.